The van der Waals surface area contributed by atoms with Crippen LogP contribution in [0.4, 0.5) is 14.6 Å². The average Bonchev–Trinajstić information content (AvgIpc) is 3.64. The standard InChI is InChI=1S/C31H33F2N7O2/c1-19(32)30(41)40-15-14-39(17-21(40)11-12-34)29-25-16-35-27(24-10-4-7-20-6-3-9-23(20)24)26(33)28(25)36-31(37-29)42-18-22-8-5-13-38(22)2/h4,7,10,16,21-22H,1,3,5-6,8-9,11,13-15,17-18H2,2H3/t21-,22-/m0/s1. The van der Waals surface area contributed by atoms with Crippen LogP contribution in [0.2, 0.25) is 0 Å². The Labute approximate surface area is 243 Å². The van der Waals surface area contributed by atoms with Gasteiger partial charge in [0.05, 0.1) is 23.9 Å². The van der Waals surface area contributed by atoms with Gasteiger partial charge >= 0.3 is 6.01 Å². The summed E-state index contributed by atoms with van der Waals surface area (Å²) in [4.78, 5) is 31.7. The van der Waals surface area contributed by atoms with Crippen molar-refractivity contribution in [1.82, 2.24) is 24.8 Å². The molecule has 2 aromatic heterocycles. The van der Waals surface area contributed by atoms with E-state index in [0.29, 0.717) is 17.8 Å². The Bertz CT molecular complexity index is 1590. The molecule has 4 heterocycles. The predicted octanol–water partition coefficient (Wildman–Crippen LogP) is 4.21. The van der Waals surface area contributed by atoms with Crippen molar-refractivity contribution in [2.75, 3.05) is 44.7 Å². The van der Waals surface area contributed by atoms with Crippen LogP contribution in [0.1, 0.15) is 36.8 Å². The highest BCUT2D eigenvalue weighted by molar-refractivity contribution is 5.93. The Balaban J connectivity index is 1.41. The first kappa shape index (κ1) is 28.0. The highest BCUT2D eigenvalue weighted by Crippen LogP contribution is 2.37. The lowest BCUT2D eigenvalue weighted by Crippen LogP contribution is -2.55. The topological polar surface area (TPSA) is 98.5 Å². The Hall–Kier alpha value is -4.17. The number of ether oxygens (including phenoxy) is 1. The number of carbonyl (C=O) groups is 1. The monoisotopic (exact) mass is 573 g/mol. The molecule has 42 heavy (non-hydrogen) atoms. The largest absolute Gasteiger partial charge is 0.462 e. The molecule has 1 aromatic carbocycles. The van der Waals surface area contributed by atoms with Crippen molar-refractivity contribution >= 4 is 22.6 Å². The van der Waals surface area contributed by atoms with Crippen LogP contribution >= 0.6 is 0 Å². The first-order valence-electron chi connectivity index (χ1n) is 14.4. The number of amides is 1. The molecule has 0 bridgehead atoms. The number of aryl methyl sites for hydroxylation is 1. The molecule has 0 spiro atoms. The smallest absolute Gasteiger partial charge is 0.319 e. The maximum absolute atomic E-state index is 16.4. The second kappa shape index (κ2) is 11.6. The molecule has 0 saturated carbocycles. The number of benzene rings is 1. The van der Waals surface area contributed by atoms with Crippen molar-refractivity contribution < 1.29 is 18.3 Å². The fourth-order valence-electron chi connectivity index (χ4n) is 6.47. The minimum atomic E-state index is -1.07. The van der Waals surface area contributed by atoms with Gasteiger partial charge in [-0.1, -0.05) is 24.8 Å². The fraction of sp³-hybridized carbons (Fsp3) is 0.452. The summed E-state index contributed by atoms with van der Waals surface area (Å²) in [7, 11) is 2.05. The Kier molecular flexibility index (Phi) is 7.73. The number of nitriles is 1. The van der Waals surface area contributed by atoms with E-state index in [4.69, 9.17) is 9.72 Å². The third-order valence-electron chi connectivity index (χ3n) is 8.72. The average molecular weight is 574 g/mol. The van der Waals surface area contributed by atoms with E-state index in [1.165, 1.54) is 10.5 Å². The number of anilines is 1. The Morgan fingerprint density at radius 3 is 2.81 bits per heavy atom. The summed E-state index contributed by atoms with van der Waals surface area (Å²) in [6.07, 6.45) is 6.51. The van der Waals surface area contributed by atoms with Gasteiger partial charge in [0.15, 0.2) is 11.6 Å². The summed E-state index contributed by atoms with van der Waals surface area (Å²) in [5.41, 5.74) is 3.45. The summed E-state index contributed by atoms with van der Waals surface area (Å²) in [6.45, 7) is 5.11. The molecular formula is C31H33F2N7O2. The lowest BCUT2D eigenvalue weighted by atomic mass is 9.99. The van der Waals surface area contributed by atoms with Crippen LogP contribution in [-0.2, 0) is 17.6 Å². The van der Waals surface area contributed by atoms with Crippen LogP contribution in [0, 0.1) is 17.1 Å². The molecule has 1 amide bonds. The molecular weight excluding hydrogens is 540 g/mol. The molecule has 2 aliphatic heterocycles. The van der Waals surface area contributed by atoms with Gasteiger partial charge in [-0.3, -0.25) is 9.78 Å². The number of likely N-dealkylation sites (tertiary alicyclic amines) is 1. The number of carbonyl (C=O) groups excluding carboxylic acids is 1. The highest BCUT2D eigenvalue weighted by Gasteiger charge is 2.34. The molecule has 0 unspecified atom stereocenters. The van der Waals surface area contributed by atoms with E-state index >= 15 is 4.39 Å². The van der Waals surface area contributed by atoms with Crippen molar-refractivity contribution in [3.05, 3.63) is 53.7 Å². The molecule has 3 aromatic rings. The van der Waals surface area contributed by atoms with Gasteiger partial charge in [0, 0.05) is 37.4 Å². The summed E-state index contributed by atoms with van der Waals surface area (Å²) in [5, 5.41) is 9.84. The van der Waals surface area contributed by atoms with Crippen molar-refractivity contribution in [2.45, 2.75) is 50.6 Å². The maximum atomic E-state index is 16.4. The van der Waals surface area contributed by atoms with Gasteiger partial charge < -0.3 is 19.4 Å². The number of aromatic nitrogens is 3. The quantitative estimate of drug-likeness (QED) is 0.388. The van der Waals surface area contributed by atoms with Gasteiger partial charge in [-0.25, -0.2) is 8.78 Å². The zero-order valence-corrected chi connectivity index (χ0v) is 23.7. The third kappa shape index (κ3) is 5.15. The molecule has 6 rings (SSSR count). The number of fused-ring (bicyclic) bond motifs is 2. The van der Waals surface area contributed by atoms with Crippen LogP contribution in [0.3, 0.4) is 0 Å². The Morgan fingerprint density at radius 2 is 2.05 bits per heavy atom. The lowest BCUT2D eigenvalue weighted by molar-refractivity contribution is -0.131. The van der Waals surface area contributed by atoms with E-state index < -0.39 is 23.6 Å². The molecule has 0 radical (unpaired) electrons. The van der Waals surface area contributed by atoms with Crippen molar-refractivity contribution in [3.63, 3.8) is 0 Å². The van der Waals surface area contributed by atoms with Crippen LogP contribution < -0.4 is 9.64 Å². The van der Waals surface area contributed by atoms with Crippen molar-refractivity contribution in [1.29, 1.82) is 5.26 Å². The zero-order valence-electron chi connectivity index (χ0n) is 23.7. The molecule has 1 aliphatic carbocycles. The number of rotatable bonds is 7. The van der Waals surface area contributed by atoms with Crippen LogP contribution in [0.5, 0.6) is 6.01 Å². The number of hydrogen-bond acceptors (Lipinski definition) is 8. The van der Waals surface area contributed by atoms with Gasteiger partial charge in [0.2, 0.25) is 0 Å². The first-order valence-corrected chi connectivity index (χ1v) is 14.4. The summed E-state index contributed by atoms with van der Waals surface area (Å²) < 4.78 is 36.3. The third-order valence-corrected chi connectivity index (χ3v) is 8.72. The van der Waals surface area contributed by atoms with Gasteiger partial charge in [-0.2, -0.15) is 15.2 Å². The summed E-state index contributed by atoms with van der Waals surface area (Å²) in [5.74, 6) is -2.05. The van der Waals surface area contributed by atoms with E-state index in [2.05, 4.69) is 33.6 Å². The van der Waals surface area contributed by atoms with Gasteiger partial charge in [-0.15, -0.1) is 0 Å². The SMILES string of the molecule is C=C(F)C(=O)N1CCN(c2nc(OC[C@@H]3CCCN3C)nc3c(F)c(-c4cccc5c4CCC5)ncc23)C[C@@H]1CC#N. The van der Waals surface area contributed by atoms with Crippen LogP contribution in [0.25, 0.3) is 22.2 Å². The zero-order chi connectivity index (χ0) is 29.4. The number of nitrogens with zero attached hydrogens (tertiary/aromatic N) is 7. The number of piperazine rings is 1. The summed E-state index contributed by atoms with van der Waals surface area (Å²) in [6, 6.07) is 7.66. The number of likely N-dealkylation sites (N-methyl/N-ethyl adjacent to an activating group) is 1. The van der Waals surface area contributed by atoms with Gasteiger partial charge in [0.1, 0.15) is 23.6 Å². The summed E-state index contributed by atoms with van der Waals surface area (Å²) >= 11 is 0. The number of halogens is 2. The maximum Gasteiger partial charge on any atom is 0.319 e. The first-order chi connectivity index (χ1) is 20.4. The normalized spacial score (nSPS) is 20.5. The van der Waals surface area contributed by atoms with E-state index in [-0.39, 0.29) is 49.3 Å². The number of hydrogen-bond donors (Lipinski definition) is 0. The fourth-order valence-corrected chi connectivity index (χ4v) is 6.47. The molecule has 2 saturated heterocycles. The second-order valence-corrected chi connectivity index (χ2v) is 11.3. The molecule has 218 valence electrons. The molecule has 9 nitrogen and oxygen atoms in total. The molecule has 2 fully saturated rings. The predicted molar refractivity (Wildman–Crippen MR) is 154 cm³/mol. The van der Waals surface area contributed by atoms with Crippen LogP contribution in [-0.4, -0.2) is 82.6 Å². The minimum absolute atomic E-state index is 0.00815. The Morgan fingerprint density at radius 1 is 1.19 bits per heavy atom. The van der Waals surface area contributed by atoms with E-state index in [9.17, 15) is 14.4 Å². The van der Waals surface area contributed by atoms with E-state index in [0.717, 1.165) is 49.8 Å². The lowest BCUT2D eigenvalue weighted by Gasteiger charge is -2.41. The number of pyridine rings is 1. The molecule has 3 aliphatic rings. The van der Waals surface area contributed by atoms with Crippen molar-refractivity contribution in [2.24, 2.45) is 0 Å². The second-order valence-electron chi connectivity index (χ2n) is 11.3. The highest BCUT2D eigenvalue weighted by atomic mass is 19.1. The molecule has 11 heteroatoms. The van der Waals surface area contributed by atoms with Crippen LogP contribution in [0.15, 0.2) is 36.8 Å². The van der Waals surface area contributed by atoms with E-state index in [1.807, 2.05) is 24.1 Å². The van der Waals surface area contributed by atoms with Gasteiger partial charge in [-0.05, 0) is 56.8 Å². The molecule has 2 atom stereocenters. The van der Waals surface area contributed by atoms with Crippen molar-refractivity contribution in [3.8, 4) is 23.3 Å². The minimum Gasteiger partial charge on any atom is -0.462 e. The molecule has 0 N–H and O–H groups in total. The van der Waals surface area contributed by atoms with Gasteiger partial charge in [0.25, 0.3) is 5.91 Å². The van der Waals surface area contributed by atoms with E-state index in [1.54, 1.807) is 6.20 Å².